The third-order valence-electron chi connectivity index (χ3n) is 2.56. The number of hydrogen-bond acceptors (Lipinski definition) is 4. The van der Waals surface area contributed by atoms with E-state index in [1.807, 2.05) is 13.8 Å². The summed E-state index contributed by atoms with van der Waals surface area (Å²) in [5, 5.41) is 3.26. The highest BCUT2D eigenvalue weighted by Crippen LogP contribution is 2.21. The molecule has 0 aliphatic heterocycles. The van der Waals surface area contributed by atoms with Crippen molar-refractivity contribution in [2.75, 3.05) is 5.32 Å². The zero-order valence-electron chi connectivity index (χ0n) is 10.3. The summed E-state index contributed by atoms with van der Waals surface area (Å²) in [4.78, 5) is 31.1. The molecule has 0 aliphatic rings. The van der Waals surface area contributed by atoms with Crippen LogP contribution < -0.4 is 5.32 Å². The van der Waals surface area contributed by atoms with Crippen molar-refractivity contribution in [3.63, 3.8) is 0 Å². The number of ketones is 1. The van der Waals surface area contributed by atoms with Crippen molar-refractivity contribution in [1.82, 2.24) is 9.97 Å². The maximum Gasteiger partial charge on any atom is 0.273 e. The first kappa shape index (κ1) is 12.5. The lowest BCUT2D eigenvalue weighted by Gasteiger charge is -1.98. The number of carbonyl (C=O) groups excluding carboxylic acids is 2. The molecule has 0 atom stereocenters. The molecule has 0 unspecified atom stereocenters. The average molecular weight is 263 g/mol. The van der Waals surface area contributed by atoms with Crippen molar-refractivity contribution in [2.24, 2.45) is 0 Å². The number of H-pyrrole nitrogens is 1. The topological polar surface area (TPSA) is 74.8 Å². The number of hydrogen-bond donors (Lipinski definition) is 2. The Hall–Kier alpha value is -1.95. The Labute approximate surface area is 108 Å². The Balaban J connectivity index is 2.14. The molecule has 0 spiro atoms. The number of Topliss-reactive ketones (excluding diaryl/α,β-unsaturated/α-hetero) is 1. The molecule has 2 N–H and O–H groups in total. The first-order chi connectivity index (χ1) is 8.47. The number of thiazole rings is 1. The highest BCUT2D eigenvalue weighted by atomic mass is 32.1. The number of aromatic nitrogens is 2. The Bertz CT molecular complexity index is 593. The standard InChI is InChI=1S/C12H13N3O2S/c1-6-8(3)18-12(13-6)15-11(17)10-5-4-9(14-10)7(2)16/h4-5,14H,1-3H3,(H,13,15,17). The van der Waals surface area contributed by atoms with Gasteiger partial charge in [0.05, 0.1) is 11.4 Å². The van der Waals surface area contributed by atoms with Crippen LogP contribution in [0, 0.1) is 13.8 Å². The van der Waals surface area contributed by atoms with Gasteiger partial charge in [0, 0.05) is 11.8 Å². The van der Waals surface area contributed by atoms with Crippen molar-refractivity contribution in [3.05, 3.63) is 34.1 Å². The first-order valence-corrected chi connectivity index (χ1v) is 6.24. The molecule has 2 aromatic rings. The monoisotopic (exact) mass is 263 g/mol. The van der Waals surface area contributed by atoms with E-state index < -0.39 is 0 Å². The molecule has 18 heavy (non-hydrogen) atoms. The van der Waals surface area contributed by atoms with E-state index in [4.69, 9.17) is 0 Å². The molecule has 0 bridgehead atoms. The molecule has 1 amide bonds. The fourth-order valence-corrected chi connectivity index (χ4v) is 2.23. The van der Waals surface area contributed by atoms with Gasteiger partial charge in [0.1, 0.15) is 5.69 Å². The van der Waals surface area contributed by atoms with Gasteiger partial charge in [-0.3, -0.25) is 14.9 Å². The van der Waals surface area contributed by atoms with Gasteiger partial charge in [-0.25, -0.2) is 4.98 Å². The second kappa shape index (κ2) is 4.73. The van der Waals surface area contributed by atoms with Gasteiger partial charge in [-0.05, 0) is 26.0 Å². The molecule has 94 valence electrons. The van der Waals surface area contributed by atoms with Gasteiger partial charge in [0.2, 0.25) is 0 Å². The third kappa shape index (κ3) is 2.48. The van der Waals surface area contributed by atoms with E-state index in [2.05, 4.69) is 15.3 Å². The van der Waals surface area contributed by atoms with Crippen molar-refractivity contribution in [3.8, 4) is 0 Å². The molecule has 6 heteroatoms. The second-order valence-electron chi connectivity index (χ2n) is 3.96. The number of aryl methyl sites for hydroxylation is 2. The molecule has 5 nitrogen and oxygen atoms in total. The number of nitrogens with zero attached hydrogens (tertiary/aromatic N) is 1. The van der Waals surface area contributed by atoms with Crippen LogP contribution in [0.1, 0.15) is 38.5 Å². The summed E-state index contributed by atoms with van der Waals surface area (Å²) in [6.07, 6.45) is 0. The van der Waals surface area contributed by atoms with Crippen molar-refractivity contribution in [2.45, 2.75) is 20.8 Å². The quantitative estimate of drug-likeness (QED) is 0.836. The van der Waals surface area contributed by atoms with E-state index in [-0.39, 0.29) is 11.7 Å². The lowest BCUT2D eigenvalue weighted by Crippen LogP contribution is -2.12. The Morgan fingerprint density at radius 1 is 1.28 bits per heavy atom. The van der Waals surface area contributed by atoms with Gasteiger partial charge in [-0.15, -0.1) is 11.3 Å². The molecule has 0 saturated carbocycles. The first-order valence-electron chi connectivity index (χ1n) is 5.42. The molecule has 0 saturated heterocycles. The maximum absolute atomic E-state index is 11.9. The highest BCUT2D eigenvalue weighted by Gasteiger charge is 2.12. The van der Waals surface area contributed by atoms with Gasteiger partial charge in [0.25, 0.3) is 5.91 Å². The highest BCUT2D eigenvalue weighted by molar-refractivity contribution is 7.15. The van der Waals surface area contributed by atoms with Crippen LogP contribution in [0.25, 0.3) is 0 Å². The number of nitrogens with one attached hydrogen (secondary N) is 2. The third-order valence-corrected chi connectivity index (χ3v) is 3.55. The molecule has 0 aromatic carbocycles. The predicted molar refractivity (Wildman–Crippen MR) is 70.3 cm³/mol. The molecule has 2 rings (SSSR count). The minimum Gasteiger partial charge on any atom is -0.348 e. The summed E-state index contributed by atoms with van der Waals surface area (Å²) < 4.78 is 0. The summed E-state index contributed by atoms with van der Waals surface area (Å²) in [6.45, 7) is 5.29. The van der Waals surface area contributed by atoms with Crippen LogP contribution in [0.15, 0.2) is 12.1 Å². The number of aromatic amines is 1. The number of anilines is 1. The number of carbonyl (C=O) groups is 2. The normalized spacial score (nSPS) is 10.4. The van der Waals surface area contributed by atoms with Crippen molar-refractivity contribution in [1.29, 1.82) is 0 Å². The average Bonchev–Trinajstić information content (AvgIpc) is 2.87. The lowest BCUT2D eigenvalue weighted by molar-refractivity contribution is 0.101. The summed E-state index contributed by atoms with van der Waals surface area (Å²) >= 11 is 1.43. The van der Waals surface area contributed by atoms with Crippen LogP contribution in [0.2, 0.25) is 0 Å². The van der Waals surface area contributed by atoms with Crippen LogP contribution in [0.5, 0.6) is 0 Å². The predicted octanol–water partition coefficient (Wildman–Crippen LogP) is 2.54. The van der Waals surface area contributed by atoms with E-state index in [1.54, 1.807) is 12.1 Å². The summed E-state index contributed by atoms with van der Waals surface area (Å²) in [5.74, 6) is -0.397. The van der Waals surface area contributed by atoms with E-state index >= 15 is 0 Å². The summed E-state index contributed by atoms with van der Waals surface area (Å²) in [5.41, 5.74) is 1.68. The number of rotatable bonds is 3. The fraction of sp³-hybridized carbons (Fsp3) is 0.250. The maximum atomic E-state index is 11.9. The Morgan fingerprint density at radius 2 is 1.94 bits per heavy atom. The van der Waals surface area contributed by atoms with Crippen LogP contribution in [0.4, 0.5) is 5.13 Å². The van der Waals surface area contributed by atoms with E-state index in [0.29, 0.717) is 16.5 Å². The molecular formula is C12H13N3O2S. The van der Waals surface area contributed by atoms with Crippen LogP contribution >= 0.6 is 11.3 Å². The molecular weight excluding hydrogens is 250 g/mol. The fourth-order valence-electron chi connectivity index (χ4n) is 1.42. The molecule has 0 fully saturated rings. The largest absolute Gasteiger partial charge is 0.348 e. The SMILES string of the molecule is CC(=O)c1ccc(C(=O)Nc2nc(C)c(C)s2)[nH]1. The second-order valence-corrected chi connectivity index (χ2v) is 5.16. The van der Waals surface area contributed by atoms with E-state index in [9.17, 15) is 9.59 Å². The molecule has 0 radical (unpaired) electrons. The van der Waals surface area contributed by atoms with Gasteiger partial charge in [0.15, 0.2) is 10.9 Å². The molecule has 0 aliphatic carbocycles. The van der Waals surface area contributed by atoms with Crippen LogP contribution in [0.3, 0.4) is 0 Å². The minimum absolute atomic E-state index is 0.102. The molecule has 2 aromatic heterocycles. The Morgan fingerprint density at radius 3 is 2.44 bits per heavy atom. The van der Waals surface area contributed by atoms with Crippen molar-refractivity contribution >= 4 is 28.2 Å². The van der Waals surface area contributed by atoms with Crippen LogP contribution in [-0.4, -0.2) is 21.7 Å². The van der Waals surface area contributed by atoms with Crippen molar-refractivity contribution < 1.29 is 9.59 Å². The minimum atomic E-state index is -0.295. The molecule has 2 heterocycles. The van der Waals surface area contributed by atoms with E-state index in [1.165, 1.54) is 18.3 Å². The lowest BCUT2D eigenvalue weighted by atomic mass is 10.3. The zero-order chi connectivity index (χ0) is 13.3. The number of amides is 1. The van der Waals surface area contributed by atoms with Gasteiger partial charge < -0.3 is 4.98 Å². The zero-order valence-corrected chi connectivity index (χ0v) is 11.1. The van der Waals surface area contributed by atoms with Gasteiger partial charge in [-0.1, -0.05) is 0 Å². The van der Waals surface area contributed by atoms with E-state index in [0.717, 1.165) is 10.6 Å². The summed E-state index contributed by atoms with van der Waals surface area (Å²) in [6, 6.07) is 3.18. The smallest absolute Gasteiger partial charge is 0.273 e. The Kier molecular flexibility index (Phi) is 3.29. The van der Waals surface area contributed by atoms with Crippen LogP contribution in [-0.2, 0) is 0 Å². The van der Waals surface area contributed by atoms with Gasteiger partial charge >= 0.3 is 0 Å². The summed E-state index contributed by atoms with van der Waals surface area (Å²) in [7, 11) is 0. The van der Waals surface area contributed by atoms with Gasteiger partial charge in [-0.2, -0.15) is 0 Å².